The molecule has 0 radical (unpaired) electrons. The van der Waals surface area contributed by atoms with Crippen LogP contribution >= 0.6 is 0 Å². The quantitative estimate of drug-likeness (QED) is 0.142. The summed E-state index contributed by atoms with van der Waals surface area (Å²) >= 11 is 0. The molecule has 0 unspecified atom stereocenters. The zero-order chi connectivity index (χ0) is 49.0. The van der Waals surface area contributed by atoms with Gasteiger partial charge in [0.15, 0.2) is 34.9 Å². The number of furan rings is 1. The van der Waals surface area contributed by atoms with Gasteiger partial charge in [-0.15, -0.1) is 0 Å². The molecule has 8 nitrogen and oxygen atoms in total. The van der Waals surface area contributed by atoms with E-state index < -0.39 is 0 Å². The summed E-state index contributed by atoms with van der Waals surface area (Å²) in [6.45, 7) is 0. The summed E-state index contributed by atoms with van der Waals surface area (Å²) < 4.78 is 9.71. The fourth-order valence-electron chi connectivity index (χ4n) is 10.2. The highest BCUT2D eigenvalue weighted by atomic mass is 16.3. The fraction of sp³-hybridized carbons (Fsp3) is 0. The molecule has 0 aliphatic carbocycles. The summed E-state index contributed by atoms with van der Waals surface area (Å²) in [6, 6.07) is 85.2. The molecule has 0 bridgehead atoms. The molecule has 14 rings (SSSR count). The average Bonchev–Trinajstić information content (AvgIpc) is 4.06. The van der Waals surface area contributed by atoms with Crippen molar-refractivity contribution in [2.24, 2.45) is 0 Å². The molecular weight excluding hydrogens is 907 g/mol. The fourth-order valence-corrected chi connectivity index (χ4v) is 10.2. The molecule has 0 atom stereocenters. The van der Waals surface area contributed by atoms with Crippen LogP contribution in [0.2, 0.25) is 0 Å². The van der Waals surface area contributed by atoms with Crippen LogP contribution in [0.3, 0.4) is 0 Å². The van der Waals surface area contributed by atoms with Crippen molar-refractivity contribution in [3.8, 4) is 96.3 Å². The van der Waals surface area contributed by atoms with Gasteiger partial charge in [-0.05, 0) is 35.4 Å². The molecule has 74 heavy (non-hydrogen) atoms. The van der Waals surface area contributed by atoms with E-state index in [1.807, 2.05) is 121 Å². The summed E-state index contributed by atoms with van der Waals surface area (Å²) in [5, 5.41) is 4.35. The van der Waals surface area contributed by atoms with E-state index in [1.165, 1.54) is 0 Å². The summed E-state index contributed by atoms with van der Waals surface area (Å²) in [6.07, 6.45) is 0. The standard InChI is InChI=1S/C66H41N7O/c1-6-19-44(20-7-1)61-67-62(45-21-8-2-9-22-45)70-65(69-61)48-37-33-42(34-38-48)51-30-18-31-53-57-58-55(52-29-16-17-32-56(52)73(58)50-27-14-5-15-28-50)41-54(60(57)74-59(51)53)43-35-39-49(40-36-43)66-71-63(46-23-10-3-11-24-46)68-64(72-66)47-25-12-4-13-26-47/h1-41H. The van der Waals surface area contributed by atoms with Gasteiger partial charge in [0.25, 0.3) is 0 Å². The van der Waals surface area contributed by atoms with Crippen LogP contribution in [0.1, 0.15) is 0 Å². The molecule has 8 heteroatoms. The number of nitrogens with zero attached hydrogens (tertiary/aromatic N) is 7. The number of rotatable bonds is 9. The van der Waals surface area contributed by atoms with Crippen molar-refractivity contribution in [3.05, 3.63) is 249 Å². The third kappa shape index (κ3) is 7.48. The molecule has 0 N–H and O–H groups in total. The lowest BCUT2D eigenvalue weighted by molar-refractivity contribution is 0.671. The van der Waals surface area contributed by atoms with Crippen LogP contribution in [0.15, 0.2) is 253 Å². The Morgan fingerprint density at radius 1 is 0.270 bits per heavy atom. The lowest BCUT2D eigenvalue weighted by atomic mass is 9.96. The molecule has 0 saturated heterocycles. The first-order valence-corrected chi connectivity index (χ1v) is 24.6. The summed E-state index contributed by atoms with van der Waals surface area (Å²) in [5.41, 5.74) is 14.3. The molecule has 0 fully saturated rings. The Morgan fingerprint density at radius 2 is 0.635 bits per heavy atom. The van der Waals surface area contributed by atoms with Gasteiger partial charge >= 0.3 is 0 Å². The van der Waals surface area contributed by atoms with Gasteiger partial charge in [-0.1, -0.05) is 224 Å². The Bertz CT molecular complexity index is 4260. The molecular formula is C66H41N7O. The van der Waals surface area contributed by atoms with E-state index in [1.54, 1.807) is 0 Å². The lowest BCUT2D eigenvalue weighted by Crippen LogP contribution is -2.00. The summed E-state index contributed by atoms with van der Waals surface area (Å²) in [5.74, 6) is 3.67. The predicted octanol–water partition coefficient (Wildman–Crippen LogP) is 16.4. The van der Waals surface area contributed by atoms with E-state index in [9.17, 15) is 0 Å². The van der Waals surface area contributed by atoms with Gasteiger partial charge in [0.1, 0.15) is 11.2 Å². The molecule has 0 aliphatic heterocycles. The molecule has 4 aromatic heterocycles. The van der Waals surface area contributed by atoms with Crippen molar-refractivity contribution >= 4 is 43.7 Å². The number of fused-ring (bicyclic) bond motifs is 7. The highest BCUT2D eigenvalue weighted by molar-refractivity contribution is 6.28. The molecule has 0 amide bonds. The Balaban J connectivity index is 0.938. The maximum atomic E-state index is 7.33. The van der Waals surface area contributed by atoms with Crippen LogP contribution in [-0.4, -0.2) is 34.5 Å². The summed E-state index contributed by atoms with van der Waals surface area (Å²) in [4.78, 5) is 29.9. The van der Waals surface area contributed by atoms with Crippen LogP contribution in [0.5, 0.6) is 0 Å². The highest BCUT2D eigenvalue weighted by Crippen LogP contribution is 2.47. The second-order valence-electron chi connectivity index (χ2n) is 18.2. The third-order valence-electron chi connectivity index (χ3n) is 13.7. The van der Waals surface area contributed by atoms with Crippen molar-refractivity contribution in [1.29, 1.82) is 0 Å². The van der Waals surface area contributed by atoms with E-state index in [0.29, 0.717) is 34.9 Å². The number of hydrogen-bond donors (Lipinski definition) is 0. The number of para-hydroxylation sites is 3. The van der Waals surface area contributed by atoms with Crippen molar-refractivity contribution in [2.75, 3.05) is 0 Å². The van der Waals surface area contributed by atoms with Crippen LogP contribution in [0.4, 0.5) is 0 Å². The zero-order valence-electron chi connectivity index (χ0n) is 39.7. The minimum Gasteiger partial charge on any atom is -0.455 e. The highest BCUT2D eigenvalue weighted by Gasteiger charge is 2.25. The van der Waals surface area contributed by atoms with Crippen LogP contribution in [0.25, 0.3) is 140 Å². The monoisotopic (exact) mass is 947 g/mol. The Hall–Kier alpha value is -10.2. The number of benzene rings is 10. The van der Waals surface area contributed by atoms with Crippen molar-refractivity contribution in [1.82, 2.24) is 34.5 Å². The second kappa shape index (κ2) is 17.9. The van der Waals surface area contributed by atoms with E-state index in [2.05, 4.69) is 132 Å². The molecule has 4 heterocycles. The van der Waals surface area contributed by atoms with E-state index in [0.717, 1.165) is 105 Å². The van der Waals surface area contributed by atoms with Gasteiger partial charge in [-0.3, -0.25) is 0 Å². The molecule has 14 aromatic rings. The Morgan fingerprint density at radius 3 is 1.09 bits per heavy atom. The topological polar surface area (TPSA) is 95.4 Å². The van der Waals surface area contributed by atoms with E-state index in [-0.39, 0.29) is 0 Å². The van der Waals surface area contributed by atoms with Crippen molar-refractivity contribution < 1.29 is 4.42 Å². The first-order chi connectivity index (χ1) is 36.7. The van der Waals surface area contributed by atoms with Crippen LogP contribution in [-0.2, 0) is 0 Å². The zero-order valence-corrected chi connectivity index (χ0v) is 39.7. The Kier molecular flexibility index (Phi) is 10.3. The molecule has 0 saturated carbocycles. The van der Waals surface area contributed by atoms with Crippen LogP contribution in [0, 0.1) is 0 Å². The van der Waals surface area contributed by atoms with Gasteiger partial charge in [0.05, 0.1) is 16.4 Å². The number of aromatic nitrogens is 7. The molecule has 10 aromatic carbocycles. The molecule has 0 spiro atoms. The minimum absolute atomic E-state index is 0.596. The first kappa shape index (κ1) is 42.7. The predicted molar refractivity (Wildman–Crippen MR) is 298 cm³/mol. The smallest absolute Gasteiger partial charge is 0.164 e. The maximum absolute atomic E-state index is 7.33. The van der Waals surface area contributed by atoms with Gasteiger partial charge < -0.3 is 8.98 Å². The van der Waals surface area contributed by atoms with E-state index in [4.69, 9.17) is 34.3 Å². The first-order valence-electron chi connectivity index (χ1n) is 24.6. The summed E-state index contributed by atoms with van der Waals surface area (Å²) in [7, 11) is 0. The van der Waals surface area contributed by atoms with Gasteiger partial charge in [-0.25, -0.2) is 29.9 Å². The average molecular weight is 948 g/mol. The maximum Gasteiger partial charge on any atom is 0.164 e. The van der Waals surface area contributed by atoms with Crippen molar-refractivity contribution in [3.63, 3.8) is 0 Å². The lowest BCUT2D eigenvalue weighted by Gasteiger charge is -2.11. The third-order valence-corrected chi connectivity index (χ3v) is 13.7. The van der Waals surface area contributed by atoms with Gasteiger partial charge in [0.2, 0.25) is 0 Å². The Labute approximate surface area is 425 Å². The largest absolute Gasteiger partial charge is 0.455 e. The minimum atomic E-state index is 0.596. The molecule has 346 valence electrons. The van der Waals surface area contributed by atoms with E-state index >= 15 is 0 Å². The SMILES string of the molecule is c1ccc(-c2nc(-c3ccccc3)nc(-c3ccc(-c4cccc5c4oc4c(-c6ccc(-c7nc(-c8ccccc8)nc(-c8ccccc8)n7)cc6)cc6c7ccccc7n(-c7ccccc7)c6c45)cc3)n2)cc1. The number of hydrogen-bond acceptors (Lipinski definition) is 7. The second-order valence-corrected chi connectivity index (χ2v) is 18.2. The van der Waals surface area contributed by atoms with Crippen LogP contribution < -0.4 is 0 Å². The van der Waals surface area contributed by atoms with Gasteiger partial charge in [0, 0.05) is 66.4 Å². The normalized spacial score (nSPS) is 11.5. The van der Waals surface area contributed by atoms with Crippen molar-refractivity contribution in [2.45, 2.75) is 0 Å². The van der Waals surface area contributed by atoms with Gasteiger partial charge in [-0.2, -0.15) is 0 Å². The molecule has 0 aliphatic rings.